The average Bonchev–Trinajstić information content (AvgIpc) is 2.61. The van der Waals surface area contributed by atoms with Gasteiger partial charge in [0.15, 0.2) is 6.61 Å². The zero-order valence-corrected chi connectivity index (χ0v) is 15.5. The van der Waals surface area contributed by atoms with Crippen molar-refractivity contribution in [1.29, 1.82) is 0 Å². The third-order valence-electron chi connectivity index (χ3n) is 3.39. The van der Waals surface area contributed by atoms with Crippen LogP contribution in [0.1, 0.15) is 10.4 Å². The average molecular weight is 411 g/mol. The first-order chi connectivity index (χ1) is 12.4. The molecule has 6 nitrogen and oxygen atoms in total. The van der Waals surface area contributed by atoms with Crippen LogP contribution in [0.2, 0.25) is 10.0 Å². The van der Waals surface area contributed by atoms with Crippen LogP contribution in [0.4, 0.5) is 11.4 Å². The van der Waals surface area contributed by atoms with E-state index in [0.717, 1.165) is 4.90 Å². The number of nitrogens with one attached hydrogen (secondary N) is 2. The van der Waals surface area contributed by atoms with E-state index in [4.69, 9.17) is 27.9 Å². The lowest BCUT2D eigenvalue weighted by atomic mass is 10.2. The van der Waals surface area contributed by atoms with Gasteiger partial charge in [-0.05, 0) is 36.4 Å². The Labute approximate surface area is 163 Å². The van der Waals surface area contributed by atoms with E-state index >= 15 is 0 Å². The maximum atomic E-state index is 12.1. The highest BCUT2D eigenvalue weighted by atomic mass is 35.5. The Morgan fingerprint density at radius 2 is 2.00 bits per heavy atom. The molecule has 0 bridgehead atoms. The van der Waals surface area contributed by atoms with Crippen molar-refractivity contribution in [3.05, 3.63) is 52.0 Å². The first kappa shape index (κ1) is 18.6. The Bertz CT molecular complexity index is 904. The number of halogens is 2. The van der Waals surface area contributed by atoms with Gasteiger partial charge in [-0.1, -0.05) is 23.2 Å². The van der Waals surface area contributed by atoms with Crippen LogP contribution in [0, 0.1) is 0 Å². The molecule has 0 atom stereocenters. The Hall–Kier alpha value is -2.22. The number of thioether (sulfide) groups is 1. The van der Waals surface area contributed by atoms with Crippen molar-refractivity contribution in [1.82, 2.24) is 0 Å². The second-order valence-electron chi connectivity index (χ2n) is 5.30. The number of carbonyl (C=O) groups excluding carboxylic acids is 3. The number of fused-ring (bicyclic) bond motifs is 1. The Balaban J connectivity index is 1.59. The monoisotopic (exact) mass is 410 g/mol. The van der Waals surface area contributed by atoms with E-state index in [1.807, 2.05) is 0 Å². The molecule has 0 spiro atoms. The van der Waals surface area contributed by atoms with Gasteiger partial charge >= 0.3 is 5.97 Å². The molecule has 2 aromatic carbocycles. The summed E-state index contributed by atoms with van der Waals surface area (Å²) in [7, 11) is 0. The van der Waals surface area contributed by atoms with E-state index in [1.165, 1.54) is 23.9 Å². The van der Waals surface area contributed by atoms with Gasteiger partial charge in [-0.2, -0.15) is 0 Å². The first-order valence-corrected chi connectivity index (χ1v) is 9.15. The van der Waals surface area contributed by atoms with Gasteiger partial charge < -0.3 is 15.4 Å². The molecule has 3 rings (SSSR count). The van der Waals surface area contributed by atoms with E-state index in [1.54, 1.807) is 24.3 Å². The van der Waals surface area contributed by atoms with Gasteiger partial charge in [-0.25, -0.2) is 4.79 Å². The van der Waals surface area contributed by atoms with E-state index in [9.17, 15) is 14.4 Å². The van der Waals surface area contributed by atoms with E-state index in [2.05, 4.69) is 10.6 Å². The van der Waals surface area contributed by atoms with Crippen LogP contribution in [0.5, 0.6) is 0 Å². The number of anilines is 2. The Morgan fingerprint density at radius 1 is 1.19 bits per heavy atom. The number of benzene rings is 2. The summed E-state index contributed by atoms with van der Waals surface area (Å²) in [6, 6.07) is 9.45. The fourth-order valence-electron chi connectivity index (χ4n) is 2.20. The fraction of sp³-hybridized carbons (Fsp3) is 0.118. The largest absolute Gasteiger partial charge is 0.452 e. The van der Waals surface area contributed by atoms with Crippen molar-refractivity contribution in [3.63, 3.8) is 0 Å². The van der Waals surface area contributed by atoms with Crippen LogP contribution in [-0.2, 0) is 14.3 Å². The second kappa shape index (κ2) is 7.99. The molecular weight excluding hydrogens is 399 g/mol. The van der Waals surface area contributed by atoms with Crippen LogP contribution in [-0.4, -0.2) is 30.1 Å². The van der Waals surface area contributed by atoms with Crippen molar-refractivity contribution >= 4 is 64.1 Å². The summed E-state index contributed by atoms with van der Waals surface area (Å²) in [5, 5.41) is 5.94. The molecule has 2 amide bonds. The second-order valence-corrected chi connectivity index (χ2v) is 7.16. The molecule has 9 heteroatoms. The summed E-state index contributed by atoms with van der Waals surface area (Å²) >= 11 is 13.1. The summed E-state index contributed by atoms with van der Waals surface area (Å²) in [6.07, 6.45) is 0. The van der Waals surface area contributed by atoms with Gasteiger partial charge in [0.25, 0.3) is 5.91 Å². The molecule has 1 aliphatic rings. The lowest BCUT2D eigenvalue weighted by Crippen LogP contribution is -2.22. The summed E-state index contributed by atoms with van der Waals surface area (Å²) in [6.45, 7) is -0.476. The van der Waals surface area contributed by atoms with Crippen molar-refractivity contribution in [2.75, 3.05) is 23.0 Å². The van der Waals surface area contributed by atoms with Crippen molar-refractivity contribution in [2.24, 2.45) is 0 Å². The standard InChI is InChI=1S/C17H12Cl2N2O4S/c18-10-2-3-12(11(19)6-10)20-15(22)7-25-17(24)9-1-4-14-13(5-9)21-16(23)8-26-14/h1-6H,7-8H2,(H,20,22)(H,21,23). The summed E-state index contributed by atoms with van der Waals surface area (Å²) in [5.74, 6) is -1.00. The zero-order chi connectivity index (χ0) is 18.7. The maximum Gasteiger partial charge on any atom is 0.338 e. The highest BCUT2D eigenvalue weighted by molar-refractivity contribution is 8.00. The van der Waals surface area contributed by atoms with E-state index in [-0.39, 0.29) is 16.5 Å². The normalized spacial score (nSPS) is 12.8. The van der Waals surface area contributed by atoms with Crippen molar-refractivity contribution in [3.8, 4) is 0 Å². The highest BCUT2D eigenvalue weighted by Gasteiger charge is 2.18. The highest BCUT2D eigenvalue weighted by Crippen LogP contribution is 2.32. The van der Waals surface area contributed by atoms with E-state index in [0.29, 0.717) is 22.2 Å². The predicted octanol–water partition coefficient (Wildman–Crippen LogP) is 3.83. The molecule has 0 aliphatic carbocycles. The maximum absolute atomic E-state index is 12.1. The number of rotatable bonds is 4. The van der Waals surface area contributed by atoms with Crippen LogP contribution in [0.25, 0.3) is 0 Å². The molecule has 0 saturated heterocycles. The van der Waals surface area contributed by atoms with Crippen LogP contribution < -0.4 is 10.6 Å². The molecular formula is C17H12Cl2N2O4S. The number of ether oxygens (including phenoxy) is 1. The molecule has 0 aromatic heterocycles. The minimum atomic E-state index is -0.671. The van der Waals surface area contributed by atoms with Crippen LogP contribution >= 0.6 is 35.0 Å². The Kier molecular flexibility index (Phi) is 5.70. The minimum absolute atomic E-state index is 0.132. The number of hydrogen-bond donors (Lipinski definition) is 2. The van der Waals surface area contributed by atoms with Crippen LogP contribution in [0.3, 0.4) is 0 Å². The molecule has 0 radical (unpaired) electrons. The quantitative estimate of drug-likeness (QED) is 0.748. The zero-order valence-electron chi connectivity index (χ0n) is 13.2. The lowest BCUT2D eigenvalue weighted by Gasteiger charge is -2.16. The molecule has 134 valence electrons. The molecule has 0 unspecified atom stereocenters. The third kappa shape index (κ3) is 4.49. The molecule has 1 heterocycles. The Morgan fingerprint density at radius 3 is 2.77 bits per heavy atom. The third-order valence-corrected chi connectivity index (χ3v) is 5.01. The van der Waals surface area contributed by atoms with Gasteiger partial charge in [0.1, 0.15) is 0 Å². The van der Waals surface area contributed by atoms with Gasteiger partial charge in [0, 0.05) is 9.92 Å². The van der Waals surface area contributed by atoms with Gasteiger partial charge in [0.2, 0.25) is 5.91 Å². The minimum Gasteiger partial charge on any atom is -0.452 e. The number of carbonyl (C=O) groups is 3. The van der Waals surface area contributed by atoms with E-state index < -0.39 is 18.5 Å². The fourth-order valence-corrected chi connectivity index (χ4v) is 3.45. The summed E-state index contributed by atoms with van der Waals surface area (Å²) < 4.78 is 5.00. The van der Waals surface area contributed by atoms with Gasteiger partial charge in [-0.3, -0.25) is 9.59 Å². The SMILES string of the molecule is O=C(COC(=O)c1ccc2c(c1)NC(=O)CS2)Nc1ccc(Cl)cc1Cl. The number of amides is 2. The van der Waals surface area contributed by atoms with Crippen molar-refractivity contribution < 1.29 is 19.1 Å². The molecule has 2 N–H and O–H groups in total. The molecule has 26 heavy (non-hydrogen) atoms. The molecule has 0 fully saturated rings. The smallest absolute Gasteiger partial charge is 0.338 e. The first-order valence-electron chi connectivity index (χ1n) is 7.41. The van der Waals surface area contributed by atoms with Gasteiger partial charge in [0.05, 0.1) is 27.7 Å². The topological polar surface area (TPSA) is 84.5 Å². The number of esters is 1. The number of hydrogen-bond acceptors (Lipinski definition) is 5. The molecule has 1 aliphatic heterocycles. The molecule has 0 saturated carbocycles. The summed E-state index contributed by atoms with van der Waals surface area (Å²) in [4.78, 5) is 36.3. The van der Waals surface area contributed by atoms with Gasteiger partial charge in [-0.15, -0.1) is 11.8 Å². The van der Waals surface area contributed by atoms with Crippen LogP contribution in [0.15, 0.2) is 41.3 Å². The van der Waals surface area contributed by atoms with Crippen molar-refractivity contribution in [2.45, 2.75) is 4.90 Å². The summed E-state index contributed by atoms with van der Waals surface area (Å²) in [5.41, 5.74) is 1.16. The predicted molar refractivity (Wildman–Crippen MR) is 101 cm³/mol. The lowest BCUT2D eigenvalue weighted by molar-refractivity contribution is -0.119. The molecule has 2 aromatic rings.